The fourth-order valence-electron chi connectivity index (χ4n) is 2.86. The molecule has 0 bridgehead atoms. The molecule has 0 saturated carbocycles. The lowest BCUT2D eigenvalue weighted by atomic mass is 10.1. The SMILES string of the molecule is CN=C(NCCc1ccc2c(c1)OCO2)NCCc1nc(-c2ccco2)n[nH]1. The van der Waals surface area contributed by atoms with Crippen LogP contribution in [0, 0.1) is 0 Å². The predicted octanol–water partition coefficient (Wildman–Crippen LogP) is 1.74. The van der Waals surface area contributed by atoms with Crippen LogP contribution in [-0.2, 0) is 12.8 Å². The summed E-state index contributed by atoms with van der Waals surface area (Å²) >= 11 is 0. The standard InChI is InChI=1S/C19H22N6O3/c1-20-19(21-8-6-13-4-5-14-16(11-13)28-12-27-14)22-9-7-17-23-18(25-24-17)15-3-2-10-26-15/h2-5,10-11H,6-9,12H2,1H3,(H2,20,21,22)(H,23,24,25). The smallest absolute Gasteiger partial charge is 0.231 e. The number of fused-ring (bicyclic) bond motifs is 1. The minimum Gasteiger partial charge on any atom is -0.461 e. The highest BCUT2D eigenvalue weighted by atomic mass is 16.7. The summed E-state index contributed by atoms with van der Waals surface area (Å²) in [6, 6.07) is 9.65. The number of hydrogen-bond donors (Lipinski definition) is 3. The largest absolute Gasteiger partial charge is 0.461 e. The van der Waals surface area contributed by atoms with E-state index in [1.807, 2.05) is 30.3 Å². The molecule has 4 rings (SSSR count). The first-order valence-electron chi connectivity index (χ1n) is 9.10. The van der Waals surface area contributed by atoms with Crippen molar-refractivity contribution in [2.24, 2.45) is 4.99 Å². The van der Waals surface area contributed by atoms with Crippen LogP contribution < -0.4 is 20.1 Å². The summed E-state index contributed by atoms with van der Waals surface area (Å²) in [4.78, 5) is 8.67. The van der Waals surface area contributed by atoms with Crippen molar-refractivity contribution < 1.29 is 13.9 Å². The molecule has 0 saturated heterocycles. The van der Waals surface area contributed by atoms with E-state index in [2.05, 4.69) is 30.8 Å². The molecular weight excluding hydrogens is 360 g/mol. The molecule has 9 heteroatoms. The van der Waals surface area contributed by atoms with Crippen molar-refractivity contribution in [1.29, 1.82) is 0 Å². The second-order valence-electron chi connectivity index (χ2n) is 6.20. The van der Waals surface area contributed by atoms with Gasteiger partial charge in [0.05, 0.1) is 6.26 Å². The highest BCUT2D eigenvalue weighted by molar-refractivity contribution is 5.79. The Hall–Kier alpha value is -3.49. The van der Waals surface area contributed by atoms with Gasteiger partial charge in [-0.25, -0.2) is 4.98 Å². The summed E-state index contributed by atoms with van der Waals surface area (Å²) in [5, 5.41) is 13.7. The number of aliphatic imine (C=N–C) groups is 1. The Balaban J connectivity index is 1.20. The highest BCUT2D eigenvalue weighted by Crippen LogP contribution is 2.32. The third-order valence-corrected chi connectivity index (χ3v) is 4.29. The Kier molecular flexibility index (Phi) is 5.41. The van der Waals surface area contributed by atoms with Crippen LogP contribution in [-0.4, -0.2) is 48.1 Å². The maximum atomic E-state index is 5.41. The lowest BCUT2D eigenvalue weighted by molar-refractivity contribution is 0.174. The summed E-state index contributed by atoms with van der Waals surface area (Å²) in [7, 11) is 1.75. The molecule has 0 aliphatic carbocycles. The molecule has 3 aromatic rings. The number of nitrogens with zero attached hydrogens (tertiary/aromatic N) is 3. The molecule has 0 amide bonds. The number of nitrogens with one attached hydrogen (secondary N) is 3. The molecule has 0 atom stereocenters. The van der Waals surface area contributed by atoms with Gasteiger partial charge in [-0.05, 0) is 36.2 Å². The van der Waals surface area contributed by atoms with E-state index in [-0.39, 0.29) is 0 Å². The molecule has 9 nitrogen and oxygen atoms in total. The van der Waals surface area contributed by atoms with Crippen molar-refractivity contribution in [2.75, 3.05) is 26.9 Å². The molecule has 146 valence electrons. The van der Waals surface area contributed by atoms with Crippen LogP contribution in [0.4, 0.5) is 0 Å². The summed E-state index contributed by atoms with van der Waals surface area (Å²) in [5.74, 6) is 4.35. The van der Waals surface area contributed by atoms with Crippen molar-refractivity contribution in [2.45, 2.75) is 12.8 Å². The Bertz CT molecular complexity index is 935. The summed E-state index contributed by atoms with van der Waals surface area (Å²) in [5.41, 5.74) is 1.18. The minimum absolute atomic E-state index is 0.293. The summed E-state index contributed by atoms with van der Waals surface area (Å²) in [6.45, 7) is 1.72. The van der Waals surface area contributed by atoms with Gasteiger partial charge < -0.3 is 24.5 Å². The molecule has 0 radical (unpaired) electrons. The highest BCUT2D eigenvalue weighted by Gasteiger charge is 2.13. The molecule has 28 heavy (non-hydrogen) atoms. The quantitative estimate of drug-likeness (QED) is 0.422. The number of furan rings is 1. The van der Waals surface area contributed by atoms with Gasteiger partial charge in [-0.2, -0.15) is 5.10 Å². The van der Waals surface area contributed by atoms with E-state index in [4.69, 9.17) is 13.9 Å². The number of guanidine groups is 1. The number of ether oxygens (including phenoxy) is 2. The Morgan fingerprint density at radius 1 is 1.14 bits per heavy atom. The van der Waals surface area contributed by atoms with E-state index in [9.17, 15) is 0 Å². The van der Waals surface area contributed by atoms with E-state index >= 15 is 0 Å². The third kappa shape index (κ3) is 4.25. The van der Waals surface area contributed by atoms with Gasteiger partial charge in [-0.1, -0.05) is 6.07 Å². The molecule has 1 aliphatic heterocycles. The molecular formula is C19H22N6O3. The van der Waals surface area contributed by atoms with E-state index in [0.717, 1.165) is 36.2 Å². The first kappa shape index (κ1) is 17.9. The van der Waals surface area contributed by atoms with Crippen molar-refractivity contribution in [1.82, 2.24) is 25.8 Å². The predicted molar refractivity (Wildman–Crippen MR) is 103 cm³/mol. The van der Waals surface area contributed by atoms with Gasteiger partial charge in [0.2, 0.25) is 12.6 Å². The summed E-state index contributed by atoms with van der Waals surface area (Å²) < 4.78 is 16.0. The average Bonchev–Trinajstić information content (AvgIpc) is 3.47. The summed E-state index contributed by atoms with van der Waals surface area (Å²) in [6.07, 6.45) is 3.15. The second kappa shape index (κ2) is 8.47. The molecule has 1 aliphatic rings. The van der Waals surface area contributed by atoms with Gasteiger partial charge in [-0.15, -0.1) is 0 Å². The van der Waals surface area contributed by atoms with E-state index in [1.54, 1.807) is 13.3 Å². The Morgan fingerprint density at radius 2 is 2.00 bits per heavy atom. The zero-order chi connectivity index (χ0) is 19.2. The van der Waals surface area contributed by atoms with Crippen LogP contribution in [0.2, 0.25) is 0 Å². The van der Waals surface area contributed by atoms with Gasteiger partial charge in [0.25, 0.3) is 0 Å². The Labute approximate surface area is 162 Å². The zero-order valence-electron chi connectivity index (χ0n) is 15.6. The van der Waals surface area contributed by atoms with Crippen molar-refractivity contribution in [3.63, 3.8) is 0 Å². The molecule has 0 fully saturated rings. The molecule has 3 N–H and O–H groups in total. The number of aromatic amines is 1. The maximum absolute atomic E-state index is 5.41. The van der Waals surface area contributed by atoms with Gasteiger partial charge in [0, 0.05) is 26.6 Å². The van der Waals surface area contributed by atoms with Crippen molar-refractivity contribution in [3.05, 3.63) is 48.0 Å². The van der Waals surface area contributed by atoms with Crippen LogP contribution in [0.1, 0.15) is 11.4 Å². The lowest BCUT2D eigenvalue weighted by Gasteiger charge is -2.11. The van der Waals surface area contributed by atoms with E-state index < -0.39 is 0 Å². The number of benzene rings is 1. The molecule has 3 heterocycles. The average molecular weight is 382 g/mol. The van der Waals surface area contributed by atoms with Crippen molar-refractivity contribution in [3.8, 4) is 23.1 Å². The van der Waals surface area contributed by atoms with Crippen LogP contribution in [0.3, 0.4) is 0 Å². The van der Waals surface area contributed by atoms with Gasteiger partial charge in [0.1, 0.15) is 5.82 Å². The van der Waals surface area contributed by atoms with Crippen LogP contribution in [0.15, 0.2) is 46.0 Å². The Morgan fingerprint density at radius 3 is 2.82 bits per heavy atom. The second-order valence-corrected chi connectivity index (χ2v) is 6.20. The van der Waals surface area contributed by atoms with Gasteiger partial charge in [0.15, 0.2) is 23.2 Å². The first-order chi connectivity index (χ1) is 13.8. The van der Waals surface area contributed by atoms with Gasteiger partial charge in [-0.3, -0.25) is 10.1 Å². The molecule has 2 aromatic heterocycles. The lowest BCUT2D eigenvalue weighted by Crippen LogP contribution is -2.39. The zero-order valence-corrected chi connectivity index (χ0v) is 15.6. The van der Waals surface area contributed by atoms with E-state index in [1.165, 1.54) is 5.56 Å². The molecule has 0 unspecified atom stereocenters. The topological polar surface area (TPSA) is 110 Å². The number of hydrogen-bond acceptors (Lipinski definition) is 6. The third-order valence-electron chi connectivity index (χ3n) is 4.29. The monoisotopic (exact) mass is 382 g/mol. The fraction of sp³-hybridized carbons (Fsp3) is 0.316. The van der Waals surface area contributed by atoms with Crippen LogP contribution >= 0.6 is 0 Å². The van der Waals surface area contributed by atoms with E-state index in [0.29, 0.717) is 31.3 Å². The number of H-pyrrole nitrogens is 1. The molecule has 0 spiro atoms. The van der Waals surface area contributed by atoms with Crippen LogP contribution in [0.25, 0.3) is 11.6 Å². The fourth-order valence-corrected chi connectivity index (χ4v) is 2.86. The minimum atomic E-state index is 0.293. The van der Waals surface area contributed by atoms with Crippen molar-refractivity contribution >= 4 is 5.96 Å². The maximum Gasteiger partial charge on any atom is 0.231 e. The van der Waals surface area contributed by atoms with Gasteiger partial charge >= 0.3 is 0 Å². The first-order valence-corrected chi connectivity index (χ1v) is 9.10. The number of aromatic nitrogens is 3. The normalized spacial score (nSPS) is 13.0. The number of rotatable bonds is 7. The molecule has 1 aromatic carbocycles. The van der Waals surface area contributed by atoms with Crippen LogP contribution in [0.5, 0.6) is 11.5 Å².